The SMILES string of the molecule is CC1CCCN(S(=O)(=O)Nc2ccn(C)n2)C1. The van der Waals surface area contributed by atoms with Gasteiger partial charge < -0.3 is 0 Å². The van der Waals surface area contributed by atoms with Gasteiger partial charge in [0.2, 0.25) is 0 Å². The molecule has 17 heavy (non-hydrogen) atoms. The van der Waals surface area contributed by atoms with Gasteiger partial charge >= 0.3 is 10.2 Å². The Morgan fingerprint density at radius 3 is 2.88 bits per heavy atom. The Bertz CT molecular complexity index is 482. The van der Waals surface area contributed by atoms with Gasteiger partial charge in [0.15, 0.2) is 5.82 Å². The number of nitrogens with zero attached hydrogens (tertiary/aromatic N) is 3. The second-order valence-corrected chi connectivity index (χ2v) is 6.26. The molecular formula is C10H18N4O2S. The lowest BCUT2D eigenvalue weighted by atomic mass is 10.0. The van der Waals surface area contributed by atoms with Crippen LogP contribution in [0.25, 0.3) is 0 Å². The third-order valence-electron chi connectivity index (χ3n) is 2.91. The Labute approximate surface area is 102 Å². The summed E-state index contributed by atoms with van der Waals surface area (Å²) in [6.07, 6.45) is 3.72. The molecule has 0 aliphatic carbocycles. The van der Waals surface area contributed by atoms with Crippen molar-refractivity contribution in [2.24, 2.45) is 13.0 Å². The van der Waals surface area contributed by atoms with E-state index < -0.39 is 10.2 Å². The molecule has 0 aromatic carbocycles. The second kappa shape index (κ2) is 4.66. The molecule has 0 saturated carbocycles. The average molecular weight is 258 g/mol. The van der Waals surface area contributed by atoms with Crippen LogP contribution in [0.2, 0.25) is 0 Å². The van der Waals surface area contributed by atoms with Crippen LogP contribution in [0.3, 0.4) is 0 Å². The Kier molecular flexibility index (Phi) is 3.39. The van der Waals surface area contributed by atoms with E-state index in [2.05, 4.69) is 16.7 Å². The lowest BCUT2D eigenvalue weighted by Crippen LogP contribution is -2.42. The summed E-state index contributed by atoms with van der Waals surface area (Å²) in [4.78, 5) is 0. The summed E-state index contributed by atoms with van der Waals surface area (Å²) in [6, 6.07) is 1.64. The maximum Gasteiger partial charge on any atom is 0.302 e. The van der Waals surface area contributed by atoms with Crippen molar-refractivity contribution in [1.82, 2.24) is 14.1 Å². The molecule has 1 aliphatic heterocycles. The maximum absolute atomic E-state index is 12.1. The molecule has 1 aromatic rings. The number of hydrogen-bond acceptors (Lipinski definition) is 3. The Morgan fingerprint density at radius 2 is 2.29 bits per heavy atom. The highest BCUT2D eigenvalue weighted by Gasteiger charge is 2.27. The topological polar surface area (TPSA) is 67.2 Å². The van der Waals surface area contributed by atoms with Crippen LogP contribution in [0, 0.1) is 5.92 Å². The molecule has 6 nitrogen and oxygen atoms in total. The van der Waals surface area contributed by atoms with Crippen molar-refractivity contribution in [1.29, 1.82) is 0 Å². The highest BCUT2D eigenvalue weighted by atomic mass is 32.2. The number of hydrogen-bond donors (Lipinski definition) is 1. The minimum Gasteiger partial charge on any atom is -0.274 e. The first-order valence-electron chi connectivity index (χ1n) is 5.75. The number of piperidine rings is 1. The zero-order valence-corrected chi connectivity index (χ0v) is 10.9. The lowest BCUT2D eigenvalue weighted by molar-refractivity contribution is 0.282. The number of rotatable bonds is 3. The predicted octanol–water partition coefficient (Wildman–Crippen LogP) is 0.809. The van der Waals surface area contributed by atoms with E-state index >= 15 is 0 Å². The zero-order chi connectivity index (χ0) is 12.5. The molecule has 1 atom stereocenters. The van der Waals surface area contributed by atoms with E-state index in [0.29, 0.717) is 24.8 Å². The smallest absolute Gasteiger partial charge is 0.274 e. The van der Waals surface area contributed by atoms with E-state index in [-0.39, 0.29) is 0 Å². The normalized spacial score (nSPS) is 22.6. The predicted molar refractivity (Wildman–Crippen MR) is 65.7 cm³/mol. The van der Waals surface area contributed by atoms with Crippen LogP contribution in [-0.4, -0.2) is 35.6 Å². The van der Waals surface area contributed by atoms with Gasteiger partial charge in [0.25, 0.3) is 0 Å². The minimum absolute atomic E-state index is 0.366. The lowest BCUT2D eigenvalue weighted by Gasteiger charge is -2.29. The van der Waals surface area contributed by atoms with Gasteiger partial charge in [0.05, 0.1) is 0 Å². The Balaban J connectivity index is 2.08. The summed E-state index contributed by atoms with van der Waals surface area (Å²) < 4.78 is 29.7. The van der Waals surface area contributed by atoms with Gasteiger partial charge in [-0.05, 0) is 18.8 Å². The molecule has 96 valence electrons. The number of aromatic nitrogens is 2. The van der Waals surface area contributed by atoms with Gasteiger partial charge in [0, 0.05) is 32.4 Å². The maximum atomic E-state index is 12.1. The van der Waals surface area contributed by atoms with E-state index in [1.165, 1.54) is 4.31 Å². The van der Waals surface area contributed by atoms with Crippen LogP contribution >= 0.6 is 0 Å². The molecule has 1 N–H and O–H groups in total. The molecule has 0 amide bonds. The van der Waals surface area contributed by atoms with E-state index in [1.807, 2.05) is 0 Å². The first-order valence-corrected chi connectivity index (χ1v) is 7.19. The summed E-state index contributed by atoms with van der Waals surface area (Å²) in [5, 5.41) is 4.01. The van der Waals surface area contributed by atoms with Crippen molar-refractivity contribution in [3.63, 3.8) is 0 Å². The monoisotopic (exact) mass is 258 g/mol. The summed E-state index contributed by atoms with van der Waals surface area (Å²) in [5.74, 6) is 0.787. The summed E-state index contributed by atoms with van der Waals surface area (Å²) in [7, 11) is -1.70. The molecule has 1 saturated heterocycles. The van der Waals surface area contributed by atoms with Crippen LogP contribution < -0.4 is 4.72 Å². The van der Waals surface area contributed by atoms with Crippen LogP contribution in [-0.2, 0) is 17.3 Å². The molecule has 7 heteroatoms. The van der Waals surface area contributed by atoms with Gasteiger partial charge in [-0.2, -0.15) is 17.8 Å². The first-order chi connectivity index (χ1) is 7.97. The molecule has 0 radical (unpaired) electrons. The van der Waals surface area contributed by atoms with Crippen LogP contribution in [0.1, 0.15) is 19.8 Å². The standard InChI is InChI=1S/C10H18N4O2S/c1-9-4-3-6-14(8-9)17(15,16)12-10-5-7-13(2)11-10/h5,7,9H,3-4,6,8H2,1-2H3,(H,11,12). The van der Waals surface area contributed by atoms with E-state index in [9.17, 15) is 8.42 Å². The molecule has 1 unspecified atom stereocenters. The molecule has 1 aromatic heterocycles. The van der Waals surface area contributed by atoms with Gasteiger partial charge in [-0.25, -0.2) is 0 Å². The minimum atomic E-state index is -3.45. The molecule has 1 aliphatic rings. The van der Waals surface area contributed by atoms with Crippen molar-refractivity contribution in [3.05, 3.63) is 12.3 Å². The second-order valence-electron chi connectivity index (χ2n) is 4.59. The van der Waals surface area contributed by atoms with Crippen LogP contribution in [0.5, 0.6) is 0 Å². The quantitative estimate of drug-likeness (QED) is 0.872. The molecule has 0 bridgehead atoms. The molecular weight excluding hydrogens is 240 g/mol. The third kappa shape index (κ3) is 2.98. The number of anilines is 1. The average Bonchev–Trinajstić information content (AvgIpc) is 2.63. The van der Waals surface area contributed by atoms with Gasteiger partial charge in [-0.1, -0.05) is 6.92 Å². The number of nitrogens with one attached hydrogen (secondary N) is 1. The Hall–Kier alpha value is -1.08. The highest BCUT2D eigenvalue weighted by molar-refractivity contribution is 7.90. The van der Waals surface area contributed by atoms with Gasteiger partial charge in [-0.15, -0.1) is 0 Å². The molecule has 2 rings (SSSR count). The van der Waals surface area contributed by atoms with E-state index in [4.69, 9.17) is 0 Å². The Morgan fingerprint density at radius 1 is 1.53 bits per heavy atom. The van der Waals surface area contributed by atoms with Crippen LogP contribution in [0.15, 0.2) is 12.3 Å². The van der Waals surface area contributed by atoms with Gasteiger partial charge in [0.1, 0.15) is 0 Å². The largest absolute Gasteiger partial charge is 0.302 e. The van der Waals surface area contributed by atoms with Crippen molar-refractivity contribution in [2.45, 2.75) is 19.8 Å². The summed E-state index contributed by atoms with van der Waals surface area (Å²) in [6.45, 7) is 3.25. The van der Waals surface area contributed by atoms with Crippen molar-refractivity contribution >= 4 is 16.0 Å². The van der Waals surface area contributed by atoms with Gasteiger partial charge in [-0.3, -0.25) is 9.40 Å². The van der Waals surface area contributed by atoms with E-state index in [1.54, 1.807) is 24.0 Å². The van der Waals surface area contributed by atoms with Crippen molar-refractivity contribution in [2.75, 3.05) is 17.8 Å². The third-order valence-corrected chi connectivity index (χ3v) is 4.39. The fourth-order valence-electron chi connectivity index (χ4n) is 2.03. The highest BCUT2D eigenvalue weighted by Crippen LogP contribution is 2.19. The molecule has 2 heterocycles. The fraction of sp³-hybridized carbons (Fsp3) is 0.700. The summed E-state index contributed by atoms with van der Waals surface area (Å²) >= 11 is 0. The van der Waals surface area contributed by atoms with Crippen molar-refractivity contribution in [3.8, 4) is 0 Å². The van der Waals surface area contributed by atoms with Crippen LogP contribution in [0.4, 0.5) is 5.82 Å². The fourth-order valence-corrected chi connectivity index (χ4v) is 3.35. The van der Waals surface area contributed by atoms with E-state index in [0.717, 1.165) is 12.8 Å². The first kappa shape index (κ1) is 12.4. The molecule has 1 fully saturated rings. The zero-order valence-electron chi connectivity index (χ0n) is 10.1. The summed E-state index contributed by atoms with van der Waals surface area (Å²) in [5.41, 5.74) is 0. The van der Waals surface area contributed by atoms with Crippen molar-refractivity contribution < 1.29 is 8.42 Å². The molecule has 0 spiro atoms. The number of aryl methyl sites for hydroxylation is 1.